The zero-order chi connectivity index (χ0) is 55.0. The molecule has 0 saturated carbocycles. The van der Waals surface area contributed by atoms with Gasteiger partial charge in [0.15, 0.2) is 0 Å². The first-order valence-corrected chi connectivity index (χ1v) is 34.3. The zero-order valence-corrected chi connectivity index (χ0v) is 51.3. The molecule has 0 heterocycles. The number of carbonyl (C=O) groups excluding carboxylic acids is 2. The van der Waals surface area contributed by atoms with Crippen LogP contribution in [0.4, 0.5) is 0 Å². The lowest BCUT2D eigenvalue weighted by molar-refractivity contribution is -0.143. The van der Waals surface area contributed by atoms with Gasteiger partial charge < -0.3 is 20.3 Å². The van der Waals surface area contributed by atoms with E-state index < -0.39 is 12.1 Å². The van der Waals surface area contributed by atoms with Crippen molar-refractivity contribution in [1.82, 2.24) is 5.32 Å². The maximum absolute atomic E-state index is 12.5. The molecule has 1 amide bonds. The smallest absolute Gasteiger partial charge is 0.305 e. The van der Waals surface area contributed by atoms with Crippen molar-refractivity contribution in [2.75, 3.05) is 13.2 Å². The van der Waals surface area contributed by atoms with Crippen LogP contribution in [0.25, 0.3) is 0 Å². The summed E-state index contributed by atoms with van der Waals surface area (Å²) in [5, 5.41) is 23.2. The molecular formula is C70H133NO5. The van der Waals surface area contributed by atoms with Crippen molar-refractivity contribution in [3.63, 3.8) is 0 Å². The van der Waals surface area contributed by atoms with Gasteiger partial charge in [-0.05, 0) is 83.5 Å². The molecule has 2 unspecified atom stereocenters. The standard InChI is InChI=1S/C70H133NO5/c1-3-5-7-9-11-13-15-17-18-19-20-30-33-36-39-42-46-50-54-58-62-68(73)67(66-72)71-69(74)63-59-55-51-47-43-40-37-34-31-28-26-24-22-21-23-25-27-29-32-35-38-41-45-49-53-57-61-65-76-70(75)64-60-56-52-48-44-16-14-12-10-8-6-4-2/h12,14,21-22,58,62,67-68,72-73H,3-11,13,15-20,23-57,59-61,63-66H2,1-2H3,(H,71,74)/b14-12-,22-21-,62-58+. The van der Waals surface area contributed by atoms with E-state index in [-0.39, 0.29) is 18.5 Å². The van der Waals surface area contributed by atoms with Gasteiger partial charge >= 0.3 is 5.97 Å². The number of aliphatic hydroxyl groups is 2. The molecule has 6 nitrogen and oxygen atoms in total. The molecule has 0 aromatic rings. The van der Waals surface area contributed by atoms with Gasteiger partial charge in [-0.2, -0.15) is 0 Å². The van der Waals surface area contributed by atoms with Crippen LogP contribution < -0.4 is 5.32 Å². The van der Waals surface area contributed by atoms with E-state index in [4.69, 9.17) is 4.74 Å². The third-order valence-electron chi connectivity index (χ3n) is 15.9. The van der Waals surface area contributed by atoms with Crippen molar-refractivity contribution in [3.8, 4) is 0 Å². The highest BCUT2D eigenvalue weighted by Gasteiger charge is 2.18. The Morgan fingerprint density at radius 1 is 0.355 bits per heavy atom. The van der Waals surface area contributed by atoms with E-state index in [1.807, 2.05) is 6.08 Å². The molecule has 0 rings (SSSR count). The van der Waals surface area contributed by atoms with Gasteiger partial charge in [0.1, 0.15) is 0 Å². The Kier molecular flexibility index (Phi) is 63.9. The third kappa shape index (κ3) is 61.3. The molecule has 0 bridgehead atoms. The number of unbranched alkanes of at least 4 members (excludes halogenated alkanes) is 49. The summed E-state index contributed by atoms with van der Waals surface area (Å²) in [5.74, 6) is -0.0608. The summed E-state index contributed by atoms with van der Waals surface area (Å²) in [7, 11) is 0. The fraction of sp³-hybridized carbons (Fsp3) is 0.886. The lowest BCUT2D eigenvalue weighted by Crippen LogP contribution is -2.45. The SMILES string of the molecule is CCCCC/C=C\CCCCCCCC(=O)OCCCCCCCCCCCCCC/C=C\CCCCCCCCCCCCCC(=O)NC(CO)C(O)/C=C/CCCCCCCCCCCCCCCCCCCC. The second-order valence-corrected chi connectivity index (χ2v) is 23.5. The minimum Gasteiger partial charge on any atom is -0.466 e. The summed E-state index contributed by atoms with van der Waals surface area (Å²) >= 11 is 0. The fourth-order valence-corrected chi connectivity index (χ4v) is 10.6. The molecule has 448 valence electrons. The largest absolute Gasteiger partial charge is 0.466 e. The second-order valence-electron chi connectivity index (χ2n) is 23.5. The van der Waals surface area contributed by atoms with Crippen molar-refractivity contribution < 1.29 is 24.5 Å². The van der Waals surface area contributed by atoms with Crippen LogP contribution in [0.2, 0.25) is 0 Å². The lowest BCUT2D eigenvalue weighted by atomic mass is 10.0. The van der Waals surface area contributed by atoms with Gasteiger partial charge in [0, 0.05) is 12.8 Å². The van der Waals surface area contributed by atoms with Crippen molar-refractivity contribution in [2.24, 2.45) is 0 Å². The average Bonchev–Trinajstić information content (AvgIpc) is 3.42. The highest BCUT2D eigenvalue weighted by Crippen LogP contribution is 2.18. The van der Waals surface area contributed by atoms with E-state index in [1.165, 1.54) is 302 Å². The predicted molar refractivity (Wildman–Crippen MR) is 333 cm³/mol. The molecule has 0 aliphatic carbocycles. The molecule has 0 fully saturated rings. The minimum atomic E-state index is -0.846. The number of hydrogen-bond donors (Lipinski definition) is 3. The summed E-state index contributed by atoms with van der Waals surface area (Å²) in [6, 6.07) is -0.629. The van der Waals surface area contributed by atoms with Crippen LogP contribution in [-0.2, 0) is 14.3 Å². The Hall–Kier alpha value is -1.92. The Bertz CT molecular complexity index is 1230. The highest BCUT2D eigenvalue weighted by molar-refractivity contribution is 5.76. The van der Waals surface area contributed by atoms with Gasteiger partial charge in [0.2, 0.25) is 5.91 Å². The Labute approximate surface area is 474 Å². The average molecular weight is 1070 g/mol. The lowest BCUT2D eigenvalue weighted by Gasteiger charge is -2.20. The first-order valence-electron chi connectivity index (χ1n) is 34.3. The van der Waals surface area contributed by atoms with Crippen LogP contribution in [0.3, 0.4) is 0 Å². The van der Waals surface area contributed by atoms with Crippen molar-refractivity contribution >= 4 is 11.9 Å². The zero-order valence-electron chi connectivity index (χ0n) is 51.3. The Morgan fingerprint density at radius 2 is 0.618 bits per heavy atom. The number of rotatable bonds is 64. The molecule has 0 saturated heterocycles. The Morgan fingerprint density at radius 3 is 0.961 bits per heavy atom. The van der Waals surface area contributed by atoms with Crippen molar-refractivity contribution in [2.45, 2.75) is 386 Å². The topological polar surface area (TPSA) is 95.9 Å². The van der Waals surface area contributed by atoms with Crippen LogP contribution >= 0.6 is 0 Å². The van der Waals surface area contributed by atoms with Gasteiger partial charge in [-0.1, -0.05) is 314 Å². The second kappa shape index (κ2) is 65.6. The van der Waals surface area contributed by atoms with Crippen LogP contribution in [0, 0.1) is 0 Å². The first kappa shape index (κ1) is 74.1. The predicted octanol–water partition coefficient (Wildman–Crippen LogP) is 21.9. The molecule has 0 aliphatic heterocycles. The van der Waals surface area contributed by atoms with E-state index in [9.17, 15) is 19.8 Å². The van der Waals surface area contributed by atoms with Crippen LogP contribution in [0.5, 0.6) is 0 Å². The van der Waals surface area contributed by atoms with Crippen LogP contribution in [-0.4, -0.2) is 47.4 Å². The summed E-state index contributed by atoms with van der Waals surface area (Å²) < 4.78 is 5.47. The summed E-state index contributed by atoms with van der Waals surface area (Å²) in [6.07, 6.45) is 83.6. The van der Waals surface area contributed by atoms with Crippen molar-refractivity contribution in [3.05, 3.63) is 36.5 Å². The van der Waals surface area contributed by atoms with Gasteiger partial charge in [-0.25, -0.2) is 0 Å². The Balaban J connectivity index is 3.42. The number of esters is 1. The number of hydrogen-bond acceptors (Lipinski definition) is 5. The molecule has 0 spiro atoms. The van der Waals surface area contributed by atoms with E-state index in [2.05, 4.69) is 43.5 Å². The van der Waals surface area contributed by atoms with Crippen LogP contribution in [0.15, 0.2) is 36.5 Å². The number of nitrogens with one attached hydrogen (secondary N) is 1. The number of allylic oxidation sites excluding steroid dienone is 5. The first-order chi connectivity index (χ1) is 37.5. The van der Waals surface area contributed by atoms with E-state index in [1.54, 1.807) is 6.08 Å². The van der Waals surface area contributed by atoms with Gasteiger partial charge in [0.25, 0.3) is 0 Å². The highest BCUT2D eigenvalue weighted by atomic mass is 16.5. The van der Waals surface area contributed by atoms with Crippen LogP contribution in [0.1, 0.15) is 373 Å². The van der Waals surface area contributed by atoms with Gasteiger partial charge in [-0.15, -0.1) is 0 Å². The van der Waals surface area contributed by atoms with E-state index in [0.29, 0.717) is 19.4 Å². The molecular weight excluding hydrogens is 935 g/mol. The van der Waals surface area contributed by atoms with Gasteiger partial charge in [-0.3, -0.25) is 9.59 Å². The number of ether oxygens (including phenoxy) is 1. The molecule has 0 aromatic carbocycles. The molecule has 0 aromatic heterocycles. The summed E-state index contributed by atoms with van der Waals surface area (Å²) in [4.78, 5) is 24.5. The molecule has 0 radical (unpaired) electrons. The molecule has 76 heavy (non-hydrogen) atoms. The maximum Gasteiger partial charge on any atom is 0.305 e. The number of amides is 1. The molecule has 2 atom stereocenters. The quantitative estimate of drug-likeness (QED) is 0.0320. The molecule has 0 aliphatic rings. The maximum atomic E-state index is 12.5. The van der Waals surface area contributed by atoms with Gasteiger partial charge in [0.05, 0.1) is 25.4 Å². The van der Waals surface area contributed by atoms with Crippen molar-refractivity contribution in [1.29, 1.82) is 0 Å². The van der Waals surface area contributed by atoms with E-state index >= 15 is 0 Å². The molecule has 6 heteroatoms. The normalized spacial score (nSPS) is 12.7. The fourth-order valence-electron chi connectivity index (χ4n) is 10.6. The summed E-state index contributed by atoms with van der Waals surface area (Å²) in [6.45, 7) is 4.91. The minimum absolute atomic E-state index is 0.00484. The monoisotopic (exact) mass is 1070 g/mol. The summed E-state index contributed by atoms with van der Waals surface area (Å²) in [5.41, 5.74) is 0. The molecule has 3 N–H and O–H groups in total. The van der Waals surface area contributed by atoms with E-state index in [0.717, 1.165) is 44.9 Å². The number of carbonyl (C=O) groups is 2. The number of aliphatic hydroxyl groups excluding tert-OH is 2. The third-order valence-corrected chi connectivity index (χ3v) is 15.9.